The number of halogens is 2. The van der Waals surface area contributed by atoms with Gasteiger partial charge < -0.3 is 0 Å². The highest BCUT2D eigenvalue weighted by Crippen LogP contribution is 2.24. The van der Waals surface area contributed by atoms with E-state index < -0.39 is 6.67 Å². The minimum absolute atomic E-state index is 0.152. The Labute approximate surface area is 106 Å². The third-order valence-electron chi connectivity index (χ3n) is 2.45. The van der Waals surface area contributed by atoms with Crippen LogP contribution in [0.25, 0.3) is 0 Å². The van der Waals surface area contributed by atoms with E-state index in [0.29, 0.717) is 11.1 Å². The van der Waals surface area contributed by atoms with Gasteiger partial charge in [-0.1, -0.05) is 0 Å². The predicted octanol–water partition coefficient (Wildman–Crippen LogP) is 2.25. The normalized spacial score (nSPS) is 14.5. The summed E-state index contributed by atoms with van der Waals surface area (Å²) in [5.41, 5.74) is 0.847. The van der Waals surface area contributed by atoms with Crippen molar-refractivity contribution in [2.45, 2.75) is 6.42 Å². The lowest BCUT2D eigenvalue weighted by Crippen LogP contribution is -2.30. The lowest BCUT2D eigenvalue weighted by atomic mass is 10.1. The maximum absolute atomic E-state index is 12.0. The van der Waals surface area contributed by atoms with Crippen molar-refractivity contribution < 1.29 is 14.0 Å². The number of alkyl halides is 1. The zero-order valence-electron chi connectivity index (χ0n) is 8.37. The van der Waals surface area contributed by atoms with Crippen LogP contribution in [0.3, 0.4) is 0 Å². The van der Waals surface area contributed by atoms with Gasteiger partial charge in [-0.3, -0.25) is 18.9 Å². The molecule has 1 aliphatic rings. The van der Waals surface area contributed by atoms with E-state index in [2.05, 4.69) is 22.6 Å². The first kappa shape index (κ1) is 11.5. The highest BCUT2D eigenvalue weighted by atomic mass is 127. The van der Waals surface area contributed by atoms with Crippen LogP contribution in [0.1, 0.15) is 27.1 Å². The molecule has 0 unspecified atom stereocenters. The molecule has 1 aliphatic heterocycles. The molecular weight excluding hydrogens is 324 g/mol. The van der Waals surface area contributed by atoms with Crippen molar-refractivity contribution >= 4 is 34.4 Å². The number of hydrogen-bond acceptors (Lipinski definition) is 2. The van der Waals surface area contributed by atoms with Crippen molar-refractivity contribution in [1.29, 1.82) is 0 Å². The van der Waals surface area contributed by atoms with Gasteiger partial charge in [0.2, 0.25) is 0 Å². The molecule has 0 radical (unpaired) electrons. The average molecular weight is 333 g/mol. The Bertz CT molecular complexity index is 461. The zero-order chi connectivity index (χ0) is 11.7. The molecule has 1 aromatic rings. The highest BCUT2D eigenvalue weighted by Gasteiger charge is 2.34. The van der Waals surface area contributed by atoms with Crippen LogP contribution in [0, 0.1) is 3.57 Å². The fourth-order valence-electron chi connectivity index (χ4n) is 1.68. The molecule has 5 heteroatoms. The molecule has 1 aromatic carbocycles. The second kappa shape index (κ2) is 4.48. The van der Waals surface area contributed by atoms with Gasteiger partial charge in [-0.25, -0.2) is 0 Å². The molecule has 0 saturated heterocycles. The van der Waals surface area contributed by atoms with Crippen LogP contribution in [0.2, 0.25) is 0 Å². The SMILES string of the molecule is O=C1c2ccc(I)cc2C(=O)N1CCCF. The number of carbonyl (C=O) groups excluding carboxylic acids is 2. The second-order valence-electron chi connectivity index (χ2n) is 3.49. The van der Waals surface area contributed by atoms with Gasteiger partial charge in [-0.05, 0) is 47.2 Å². The molecule has 16 heavy (non-hydrogen) atoms. The minimum Gasteiger partial charge on any atom is -0.274 e. The summed E-state index contributed by atoms with van der Waals surface area (Å²) >= 11 is 2.08. The van der Waals surface area contributed by atoms with E-state index in [1.54, 1.807) is 18.2 Å². The van der Waals surface area contributed by atoms with E-state index in [-0.39, 0.29) is 24.8 Å². The van der Waals surface area contributed by atoms with E-state index in [1.807, 2.05) is 0 Å². The lowest BCUT2D eigenvalue weighted by Gasteiger charge is -2.11. The zero-order valence-corrected chi connectivity index (χ0v) is 10.5. The first-order valence-electron chi connectivity index (χ1n) is 4.87. The molecule has 0 fully saturated rings. The minimum atomic E-state index is -0.523. The van der Waals surface area contributed by atoms with Crippen LogP contribution in [0.5, 0.6) is 0 Å². The van der Waals surface area contributed by atoms with Crippen LogP contribution in [-0.4, -0.2) is 29.9 Å². The fraction of sp³-hybridized carbons (Fsp3) is 0.273. The molecule has 0 bridgehead atoms. The molecule has 0 aromatic heterocycles. The monoisotopic (exact) mass is 333 g/mol. The van der Waals surface area contributed by atoms with Crippen LogP contribution in [0.4, 0.5) is 4.39 Å². The summed E-state index contributed by atoms with van der Waals surface area (Å²) in [6.07, 6.45) is 0.197. The number of amides is 2. The van der Waals surface area contributed by atoms with Crippen molar-refractivity contribution in [3.63, 3.8) is 0 Å². The van der Waals surface area contributed by atoms with Gasteiger partial charge in [-0.2, -0.15) is 0 Å². The third-order valence-corrected chi connectivity index (χ3v) is 3.12. The molecule has 0 atom stereocenters. The molecule has 84 valence electrons. The Hall–Kier alpha value is -0.980. The molecule has 2 rings (SSSR count). The number of fused-ring (bicyclic) bond motifs is 1. The summed E-state index contributed by atoms with van der Waals surface area (Å²) in [6.45, 7) is -0.371. The van der Waals surface area contributed by atoms with E-state index in [9.17, 15) is 14.0 Å². The largest absolute Gasteiger partial charge is 0.274 e. The topological polar surface area (TPSA) is 37.4 Å². The molecule has 0 N–H and O–H groups in total. The fourth-order valence-corrected chi connectivity index (χ4v) is 2.18. The Kier molecular flexibility index (Phi) is 3.22. The van der Waals surface area contributed by atoms with Crippen LogP contribution in [-0.2, 0) is 0 Å². The molecule has 0 aliphatic carbocycles. The Morgan fingerprint density at radius 2 is 1.88 bits per heavy atom. The summed E-state index contributed by atoms with van der Waals surface area (Å²) in [6, 6.07) is 5.11. The molecule has 0 saturated carbocycles. The quantitative estimate of drug-likeness (QED) is 0.629. The highest BCUT2D eigenvalue weighted by molar-refractivity contribution is 14.1. The summed E-state index contributed by atoms with van der Waals surface area (Å²) in [4.78, 5) is 24.8. The Balaban J connectivity index is 2.33. The number of imide groups is 1. The van der Waals surface area contributed by atoms with Gasteiger partial charge in [0.05, 0.1) is 17.8 Å². The van der Waals surface area contributed by atoms with Crippen molar-refractivity contribution in [3.05, 3.63) is 32.9 Å². The maximum atomic E-state index is 12.0. The summed E-state index contributed by atoms with van der Waals surface area (Å²) in [5, 5.41) is 0. The van der Waals surface area contributed by atoms with E-state index in [1.165, 1.54) is 0 Å². The molecule has 0 spiro atoms. The summed E-state index contributed by atoms with van der Waals surface area (Å²) in [7, 11) is 0. The van der Waals surface area contributed by atoms with Crippen molar-refractivity contribution in [1.82, 2.24) is 4.90 Å². The first-order chi connectivity index (χ1) is 7.65. The molecule has 1 heterocycles. The van der Waals surface area contributed by atoms with Gasteiger partial charge in [0.1, 0.15) is 0 Å². The number of benzene rings is 1. The molecular formula is C11H9FINO2. The number of carbonyl (C=O) groups is 2. The molecule has 3 nitrogen and oxygen atoms in total. The number of nitrogens with zero attached hydrogens (tertiary/aromatic N) is 1. The number of hydrogen-bond donors (Lipinski definition) is 0. The Morgan fingerprint density at radius 3 is 2.56 bits per heavy atom. The number of rotatable bonds is 3. The van der Waals surface area contributed by atoms with Gasteiger partial charge in [0.25, 0.3) is 11.8 Å². The second-order valence-corrected chi connectivity index (χ2v) is 4.74. The summed E-state index contributed by atoms with van der Waals surface area (Å²) < 4.78 is 13.0. The van der Waals surface area contributed by atoms with E-state index >= 15 is 0 Å². The smallest absolute Gasteiger partial charge is 0.261 e. The standard InChI is InChI=1S/C11H9FINO2/c12-4-1-5-14-10(15)8-3-2-7(13)6-9(8)11(14)16/h2-3,6H,1,4-5H2. The van der Waals surface area contributed by atoms with E-state index in [4.69, 9.17) is 0 Å². The predicted molar refractivity (Wildman–Crippen MR) is 65.1 cm³/mol. The van der Waals surface area contributed by atoms with Crippen LogP contribution in [0.15, 0.2) is 18.2 Å². The van der Waals surface area contributed by atoms with Crippen molar-refractivity contribution in [2.24, 2.45) is 0 Å². The molecule has 2 amide bonds. The van der Waals surface area contributed by atoms with Gasteiger partial charge in [0, 0.05) is 10.1 Å². The van der Waals surface area contributed by atoms with E-state index in [0.717, 1.165) is 8.47 Å². The van der Waals surface area contributed by atoms with Gasteiger partial charge in [0.15, 0.2) is 0 Å². The first-order valence-corrected chi connectivity index (χ1v) is 5.94. The maximum Gasteiger partial charge on any atom is 0.261 e. The van der Waals surface area contributed by atoms with Gasteiger partial charge in [-0.15, -0.1) is 0 Å². The van der Waals surface area contributed by atoms with Crippen LogP contribution >= 0.6 is 22.6 Å². The summed E-state index contributed by atoms with van der Waals surface area (Å²) in [5.74, 6) is -0.628. The van der Waals surface area contributed by atoms with Crippen LogP contribution < -0.4 is 0 Å². The van der Waals surface area contributed by atoms with Crippen molar-refractivity contribution in [3.8, 4) is 0 Å². The van der Waals surface area contributed by atoms with Crippen molar-refractivity contribution in [2.75, 3.05) is 13.2 Å². The lowest BCUT2D eigenvalue weighted by molar-refractivity contribution is 0.0650. The third kappa shape index (κ3) is 1.83. The van der Waals surface area contributed by atoms with Gasteiger partial charge >= 0.3 is 0 Å². The average Bonchev–Trinajstić information content (AvgIpc) is 2.50. The Morgan fingerprint density at radius 1 is 1.19 bits per heavy atom.